The van der Waals surface area contributed by atoms with Gasteiger partial charge in [-0.2, -0.15) is 0 Å². The molecule has 0 saturated heterocycles. The smallest absolute Gasteiger partial charge is 0.123 e. The summed E-state index contributed by atoms with van der Waals surface area (Å²) in [5, 5.41) is 9.30. The number of para-hydroxylation sites is 1. The topological polar surface area (TPSA) is 58.7 Å². The van der Waals surface area contributed by atoms with E-state index in [1.165, 1.54) is 0 Å². The molecule has 102 valence electrons. The Morgan fingerprint density at radius 2 is 1.94 bits per heavy atom. The van der Waals surface area contributed by atoms with Crippen LogP contribution in [0.25, 0.3) is 0 Å². The molecule has 1 aromatic rings. The normalized spacial score (nSPS) is 16.4. The van der Waals surface area contributed by atoms with Gasteiger partial charge in [0.1, 0.15) is 5.75 Å². The van der Waals surface area contributed by atoms with Gasteiger partial charge in [0.2, 0.25) is 0 Å². The third-order valence-corrected chi connectivity index (χ3v) is 3.35. The maximum absolute atomic E-state index is 9.30. The van der Waals surface area contributed by atoms with Gasteiger partial charge in [0, 0.05) is 17.6 Å². The second kappa shape index (κ2) is 6.73. The van der Waals surface area contributed by atoms with Crippen LogP contribution in [-0.4, -0.2) is 42.9 Å². The van der Waals surface area contributed by atoms with Crippen molar-refractivity contribution in [1.82, 2.24) is 4.90 Å². The van der Waals surface area contributed by atoms with Crippen molar-refractivity contribution in [2.75, 3.05) is 20.8 Å². The predicted molar refractivity (Wildman–Crippen MR) is 73.7 cm³/mol. The maximum atomic E-state index is 9.30. The first-order valence-corrected chi connectivity index (χ1v) is 6.24. The number of likely N-dealkylation sites (N-methyl/N-ethyl adjacent to an activating group) is 1. The zero-order valence-electron chi connectivity index (χ0n) is 11.6. The van der Waals surface area contributed by atoms with Crippen LogP contribution in [0, 0.1) is 0 Å². The molecule has 0 spiro atoms. The molecular weight excluding hydrogens is 228 g/mol. The first-order chi connectivity index (χ1) is 8.52. The van der Waals surface area contributed by atoms with E-state index in [0.29, 0.717) is 0 Å². The van der Waals surface area contributed by atoms with Gasteiger partial charge in [0.05, 0.1) is 19.8 Å². The van der Waals surface area contributed by atoms with Crippen LogP contribution < -0.4 is 10.5 Å². The summed E-state index contributed by atoms with van der Waals surface area (Å²) in [5.74, 6) is 0.830. The number of nitrogens with zero attached hydrogens (tertiary/aromatic N) is 1. The molecule has 0 radical (unpaired) electrons. The average Bonchev–Trinajstić information content (AvgIpc) is 2.38. The molecule has 3 atom stereocenters. The molecule has 0 amide bonds. The highest BCUT2D eigenvalue weighted by Crippen LogP contribution is 2.31. The summed E-state index contributed by atoms with van der Waals surface area (Å²) >= 11 is 0. The molecule has 18 heavy (non-hydrogen) atoms. The monoisotopic (exact) mass is 252 g/mol. The summed E-state index contributed by atoms with van der Waals surface area (Å²) in [6, 6.07) is 7.88. The Morgan fingerprint density at radius 3 is 2.44 bits per heavy atom. The molecule has 0 heterocycles. The minimum Gasteiger partial charge on any atom is -0.496 e. The zero-order chi connectivity index (χ0) is 13.7. The van der Waals surface area contributed by atoms with Crippen molar-refractivity contribution in [3.05, 3.63) is 29.8 Å². The number of aliphatic hydroxyl groups is 1. The lowest BCUT2D eigenvalue weighted by Crippen LogP contribution is -2.43. The van der Waals surface area contributed by atoms with Crippen molar-refractivity contribution in [1.29, 1.82) is 0 Å². The molecule has 0 aliphatic carbocycles. The van der Waals surface area contributed by atoms with Crippen LogP contribution in [-0.2, 0) is 0 Å². The molecule has 0 fully saturated rings. The number of hydrogen-bond acceptors (Lipinski definition) is 4. The third kappa shape index (κ3) is 3.22. The molecule has 0 saturated carbocycles. The van der Waals surface area contributed by atoms with Gasteiger partial charge < -0.3 is 15.6 Å². The van der Waals surface area contributed by atoms with Crippen molar-refractivity contribution in [3.63, 3.8) is 0 Å². The molecule has 0 aliphatic rings. The summed E-state index contributed by atoms with van der Waals surface area (Å²) < 4.78 is 5.40. The minimum atomic E-state index is -0.0553. The van der Waals surface area contributed by atoms with Gasteiger partial charge in [-0.3, -0.25) is 4.90 Å². The van der Waals surface area contributed by atoms with Gasteiger partial charge in [-0.05, 0) is 27.0 Å². The van der Waals surface area contributed by atoms with E-state index in [-0.39, 0.29) is 24.7 Å². The van der Waals surface area contributed by atoms with Crippen LogP contribution in [0.15, 0.2) is 24.3 Å². The van der Waals surface area contributed by atoms with E-state index in [4.69, 9.17) is 10.5 Å². The van der Waals surface area contributed by atoms with Crippen LogP contribution in [0.3, 0.4) is 0 Å². The second-order valence-corrected chi connectivity index (χ2v) is 4.74. The van der Waals surface area contributed by atoms with E-state index in [1.807, 2.05) is 45.2 Å². The van der Waals surface area contributed by atoms with Gasteiger partial charge in [-0.15, -0.1) is 0 Å². The molecule has 0 aromatic heterocycles. The fourth-order valence-electron chi connectivity index (χ4n) is 2.19. The van der Waals surface area contributed by atoms with E-state index < -0.39 is 0 Å². The Labute approximate surface area is 109 Å². The van der Waals surface area contributed by atoms with E-state index in [0.717, 1.165) is 11.3 Å². The summed E-state index contributed by atoms with van der Waals surface area (Å²) in [6.07, 6.45) is 0. The number of nitrogens with two attached hydrogens (primary N) is 1. The number of rotatable bonds is 6. The van der Waals surface area contributed by atoms with Crippen LogP contribution in [0.5, 0.6) is 5.75 Å². The Hall–Kier alpha value is -1.10. The van der Waals surface area contributed by atoms with Crippen molar-refractivity contribution in [3.8, 4) is 5.75 Å². The number of methoxy groups -OCH3 is 1. The Kier molecular flexibility index (Phi) is 5.59. The SMILES string of the molecule is COc1ccccc1C(C(C)N)N(C)C(C)CO. The lowest BCUT2D eigenvalue weighted by molar-refractivity contribution is 0.108. The van der Waals surface area contributed by atoms with E-state index in [1.54, 1.807) is 7.11 Å². The van der Waals surface area contributed by atoms with Crippen LogP contribution in [0.1, 0.15) is 25.5 Å². The highest BCUT2D eigenvalue weighted by Gasteiger charge is 2.26. The minimum absolute atomic E-state index is 0.0169. The van der Waals surface area contributed by atoms with Gasteiger partial charge >= 0.3 is 0 Å². The number of aliphatic hydroxyl groups excluding tert-OH is 1. The van der Waals surface area contributed by atoms with Gasteiger partial charge in [0.15, 0.2) is 0 Å². The van der Waals surface area contributed by atoms with Gasteiger partial charge in [-0.1, -0.05) is 18.2 Å². The summed E-state index contributed by atoms with van der Waals surface area (Å²) in [6.45, 7) is 4.05. The molecule has 3 unspecified atom stereocenters. The highest BCUT2D eigenvalue weighted by atomic mass is 16.5. The second-order valence-electron chi connectivity index (χ2n) is 4.74. The summed E-state index contributed by atoms with van der Waals surface area (Å²) in [5.41, 5.74) is 7.16. The van der Waals surface area contributed by atoms with E-state index >= 15 is 0 Å². The van der Waals surface area contributed by atoms with Gasteiger partial charge in [-0.25, -0.2) is 0 Å². The third-order valence-electron chi connectivity index (χ3n) is 3.35. The molecule has 1 aromatic carbocycles. The fraction of sp³-hybridized carbons (Fsp3) is 0.571. The van der Waals surface area contributed by atoms with Gasteiger partial charge in [0.25, 0.3) is 0 Å². The molecule has 0 bridgehead atoms. The van der Waals surface area contributed by atoms with E-state index in [2.05, 4.69) is 4.90 Å². The quantitative estimate of drug-likeness (QED) is 0.803. The maximum Gasteiger partial charge on any atom is 0.123 e. The molecular formula is C14H24N2O2. The van der Waals surface area contributed by atoms with Crippen LogP contribution in [0.4, 0.5) is 0 Å². The molecule has 4 heteroatoms. The summed E-state index contributed by atoms with van der Waals surface area (Å²) in [4.78, 5) is 2.09. The first kappa shape index (κ1) is 15.0. The first-order valence-electron chi connectivity index (χ1n) is 6.24. The molecule has 0 aliphatic heterocycles. The van der Waals surface area contributed by atoms with E-state index in [9.17, 15) is 5.11 Å². The highest BCUT2D eigenvalue weighted by molar-refractivity contribution is 5.36. The Bertz CT molecular complexity index is 369. The predicted octanol–water partition coefficient (Wildman–Crippen LogP) is 1.40. The zero-order valence-corrected chi connectivity index (χ0v) is 11.6. The van der Waals surface area contributed by atoms with Crippen LogP contribution in [0.2, 0.25) is 0 Å². The number of benzene rings is 1. The number of hydrogen-bond donors (Lipinski definition) is 2. The van der Waals surface area contributed by atoms with Crippen molar-refractivity contribution < 1.29 is 9.84 Å². The average molecular weight is 252 g/mol. The summed E-state index contributed by atoms with van der Waals surface area (Å²) in [7, 11) is 3.63. The van der Waals surface area contributed by atoms with Crippen molar-refractivity contribution in [2.24, 2.45) is 5.73 Å². The lowest BCUT2D eigenvalue weighted by atomic mass is 9.97. The standard InChI is InChI=1S/C14H24N2O2/c1-10(9-17)16(3)14(11(2)15)12-7-5-6-8-13(12)18-4/h5-8,10-11,14,17H,9,15H2,1-4H3. The lowest BCUT2D eigenvalue weighted by Gasteiger charge is -2.35. The number of ether oxygens (including phenoxy) is 1. The molecule has 4 nitrogen and oxygen atoms in total. The Morgan fingerprint density at radius 1 is 1.33 bits per heavy atom. The molecule has 3 N–H and O–H groups in total. The largest absolute Gasteiger partial charge is 0.496 e. The van der Waals surface area contributed by atoms with Crippen LogP contribution >= 0.6 is 0 Å². The fourth-order valence-corrected chi connectivity index (χ4v) is 2.19. The molecule has 1 rings (SSSR count). The van der Waals surface area contributed by atoms with Crippen molar-refractivity contribution in [2.45, 2.75) is 32.0 Å². The Balaban J connectivity index is 3.12. The van der Waals surface area contributed by atoms with Crippen molar-refractivity contribution >= 4 is 0 Å².